The summed E-state index contributed by atoms with van der Waals surface area (Å²) in [7, 11) is -3.40. The van der Waals surface area contributed by atoms with Gasteiger partial charge < -0.3 is 5.32 Å². The predicted octanol–water partition coefficient (Wildman–Crippen LogP) is 3.10. The first-order valence-corrected chi connectivity index (χ1v) is 10.6. The highest BCUT2D eigenvalue weighted by atomic mass is 32.2. The maximum absolute atomic E-state index is 12.3. The Hall–Kier alpha value is -1.36. The standard InChI is InChI=1S/C19H27NO3S/c1-13-3-7-17(8-4-13)24(22,23)10-9-19(21)20-14(2)18-12-15-5-6-16(18)11-15/h3-4,7-8,14-16,18H,5-6,9-12H2,1-2H3,(H,20,21)/t14-,15+,16+,18+/m1/s1. The lowest BCUT2D eigenvalue weighted by Gasteiger charge is -2.28. The van der Waals surface area contributed by atoms with Gasteiger partial charge in [-0.15, -0.1) is 0 Å². The van der Waals surface area contributed by atoms with Gasteiger partial charge in [0.2, 0.25) is 5.91 Å². The highest BCUT2D eigenvalue weighted by Gasteiger charge is 2.42. The highest BCUT2D eigenvalue weighted by molar-refractivity contribution is 7.91. The number of rotatable bonds is 6. The number of fused-ring (bicyclic) bond motifs is 2. The lowest BCUT2D eigenvalue weighted by molar-refractivity contribution is -0.121. The van der Waals surface area contributed by atoms with Crippen LogP contribution in [0.4, 0.5) is 0 Å². The quantitative estimate of drug-likeness (QED) is 0.858. The van der Waals surface area contributed by atoms with Crippen molar-refractivity contribution in [3.05, 3.63) is 29.8 Å². The number of nitrogens with one attached hydrogen (secondary N) is 1. The average Bonchev–Trinajstić information content (AvgIpc) is 3.16. The Morgan fingerprint density at radius 2 is 1.92 bits per heavy atom. The van der Waals surface area contributed by atoms with Gasteiger partial charge in [0.25, 0.3) is 0 Å². The van der Waals surface area contributed by atoms with E-state index in [2.05, 4.69) is 12.2 Å². The Morgan fingerprint density at radius 3 is 2.50 bits per heavy atom. The summed E-state index contributed by atoms with van der Waals surface area (Å²) >= 11 is 0. The van der Waals surface area contributed by atoms with Gasteiger partial charge in [-0.2, -0.15) is 0 Å². The minimum absolute atomic E-state index is 0.0291. The van der Waals surface area contributed by atoms with Gasteiger partial charge in [-0.1, -0.05) is 24.1 Å². The fraction of sp³-hybridized carbons (Fsp3) is 0.632. The van der Waals surface area contributed by atoms with Gasteiger partial charge >= 0.3 is 0 Å². The van der Waals surface area contributed by atoms with Crippen molar-refractivity contribution in [2.45, 2.75) is 56.9 Å². The van der Waals surface area contributed by atoms with Gasteiger partial charge in [0.05, 0.1) is 10.6 Å². The number of sulfone groups is 1. The molecule has 2 bridgehead atoms. The SMILES string of the molecule is Cc1ccc(S(=O)(=O)CCC(=O)N[C@H](C)[C@@H]2C[C@H]3CC[C@H]2C3)cc1. The van der Waals surface area contributed by atoms with Crippen molar-refractivity contribution in [3.8, 4) is 0 Å². The van der Waals surface area contributed by atoms with E-state index in [0.717, 1.165) is 17.4 Å². The molecular weight excluding hydrogens is 322 g/mol. The van der Waals surface area contributed by atoms with E-state index in [0.29, 0.717) is 10.8 Å². The Morgan fingerprint density at radius 1 is 1.21 bits per heavy atom. The van der Waals surface area contributed by atoms with Crippen LogP contribution in [0.15, 0.2) is 29.2 Å². The molecule has 2 saturated carbocycles. The summed E-state index contributed by atoms with van der Waals surface area (Å²) in [6.45, 7) is 3.98. The molecule has 24 heavy (non-hydrogen) atoms. The van der Waals surface area contributed by atoms with E-state index in [1.165, 1.54) is 25.7 Å². The number of benzene rings is 1. The molecule has 2 aliphatic rings. The van der Waals surface area contributed by atoms with Crippen molar-refractivity contribution < 1.29 is 13.2 Å². The Balaban J connectivity index is 1.51. The summed E-state index contributed by atoms with van der Waals surface area (Å²) in [5.74, 6) is 1.89. The second-order valence-corrected chi connectivity index (χ2v) is 9.69. The van der Waals surface area contributed by atoms with Gasteiger partial charge in [-0.25, -0.2) is 8.42 Å². The van der Waals surface area contributed by atoms with Crippen LogP contribution in [0.3, 0.4) is 0 Å². The number of aryl methyl sites for hydroxylation is 1. The Bertz CT molecular complexity index is 696. The minimum atomic E-state index is -3.40. The zero-order chi connectivity index (χ0) is 17.3. The zero-order valence-corrected chi connectivity index (χ0v) is 15.3. The van der Waals surface area contributed by atoms with Crippen molar-refractivity contribution in [2.75, 3.05) is 5.75 Å². The molecule has 0 saturated heterocycles. The molecule has 0 aliphatic heterocycles. The van der Waals surface area contributed by atoms with Gasteiger partial charge in [-0.05, 0) is 63.0 Å². The first-order valence-electron chi connectivity index (χ1n) is 8.94. The molecule has 132 valence electrons. The summed E-state index contributed by atoms with van der Waals surface area (Å²) in [5, 5.41) is 3.04. The average molecular weight is 349 g/mol. The van der Waals surface area contributed by atoms with Crippen molar-refractivity contribution >= 4 is 15.7 Å². The molecule has 5 heteroatoms. The van der Waals surface area contributed by atoms with Crippen molar-refractivity contribution in [2.24, 2.45) is 17.8 Å². The maximum atomic E-state index is 12.3. The minimum Gasteiger partial charge on any atom is -0.353 e. The normalized spacial score (nSPS) is 27.2. The number of hydrogen-bond donors (Lipinski definition) is 1. The highest BCUT2D eigenvalue weighted by Crippen LogP contribution is 2.49. The van der Waals surface area contributed by atoms with Crippen LogP contribution in [0.2, 0.25) is 0 Å². The summed E-state index contributed by atoms with van der Waals surface area (Å²) in [6, 6.07) is 6.93. The predicted molar refractivity (Wildman–Crippen MR) is 94.4 cm³/mol. The number of hydrogen-bond acceptors (Lipinski definition) is 3. The lowest BCUT2D eigenvalue weighted by Crippen LogP contribution is -2.40. The smallest absolute Gasteiger partial charge is 0.221 e. The van der Waals surface area contributed by atoms with E-state index in [9.17, 15) is 13.2 Å². The Labute approximate surface area is 145 Å². The molecule has 0 unspecified atom stereocenters. The van der Waals surface area contributed by atoms with E-state index >= 15 is 0 Å². The van der Waals surface area contributed by atoms with Crippen LogP contribution in [0.5, 0.6) is 0 Å². The molecule has 0 spiro atoms. The molecule has 2 fully saturated rings. The molecule has 1 aromatic carbocycles. The van der Waals surface area contributed by atoms with Crippen LogP contribution in [0.25, 0.3) is 0 Å². The molecule has 4 atom stereocenters. The zero-order valence-electron chi connectivity index (χ0n) is 14.5. The molecule has 1 N–H and O–H groups in total. The van der Waals surface area contributed by atoms with Crippen molar-refractivity contribution in [1.82, 2.24) is 5.32 Å². The first kappa shape index (κ1) is 17.5. The molecular formula is C19H27NO3S. The second-order valence-electron chi connectivity index (χ2n) is 7.58. The van der Waals surface area contributed by atoms with Crippen LogP contribution in [-0.2, 0) is 14.6 Å². The maximum Gasteiger partial charge on any atom is 0.221 e. The van der Waals surface area contributed by atoms with Gasteiger partial charge in [0.15, 0.2) is 9.84 Å². The van der Waals surface area contributed by atoms with E-state index < -0.39 is 9.84 Å². The number of amides is 1. The molecule has 0 heterocycles. The summed E-state index contributed by atoms with van der Waals surface area (Å²) in [6.07, 6.45) is 5.19. The van der Waals surface area contributed by atoms with Crippen LogP contribution in [-0.4, -0.2) is 26.1 Å². The van der Waals surface area contributed by atoms with Crippen LogP contribution >= 0.6 is 0 Å². The van der Waals surface area contributed by atoms with Crippen molar-refractivity contribution in [1.29, 1.82) is 0 Å². The van der Waals surface area contributed by atoms with Gasteiger partial charge in [0, 0.05) is 12.5 Å². The summed E-state index contributed by atoms with van der Waals surface area (Å²) in [5.41, 5.74) is 1.02. The van der Waals surface area contributed by atoms with Crippen LogP contribution in [0, 0.1) is 24.7 Å². The first-order chi connectivity index (χ1) is 11.3. The molecule has 0 radical (unpaired) electrons. The molecule has 2 aliphatic carbocycles. The topological polar surface area (TPSA) is 63.2 Å². The Kier molecular flexibility index (Phi) is 5.00. The van der Waals surface area contributed by atoms with Gasteiger partial charge in [0.1, 0.15) is 0 Å². The fourth-order valence-electron chi connectivity index (χ4n) is 4.43. The second kappa shape index (κ2) is 6.87. The van der Waals surface area contributed by atoms with Crippen molar-refractivity contribution in [3.63, 3.8) is 0 Å². The third-order valence-corrected chi connectivity index (χ3v) is 7.53. The third-order valence-electron chi connectivity index (χ3n) is 5.80. The van der Waals surface area contributed by atoms with E-state index in [4.69, 9.17) is 0 Å². The molecule has 0 aromatic heterocycles. The fourth-order valence-corrected chi connectivity index (χ4v) is 5.67. The monoisotopic (exact) mass is 349 g/mol. The summed E-state index contributed by atoms with van der Waals surface area (Å²) in [4.78, 5) is 12.5. The molecule has 1 aromatic rings. The van der Waals surface area contributed by atoms with Gasteiger partial charge in [-0.3, -0.25) is 4.79 Å². The largest absolute Gasteiger partial charge is 0.353 e. The third kappa shape index (κ3) is 3.82. The van der Waals surface area contributed by atoms with E-state index in [-0.39, 0.29) is 24.1 Å². The summed E-state index contributed by atoms with van der Waals surface area (Å²) < 4.78 is 24.6. The lowest BCUT2D eigenvalue weighted by atomic mass is 9.84. The van der Waals surface area contributed by atoms with Crippen LogP contribution < -0.4 is 5.32 Å². The molecule has 3 rings (SSSR count). The van der Waals surface area contributed by atoms with E-state index in [1.807, 2.05) is 6.92 Å². The molecule has 4 nitrogen and oxygen atoms in total. The molecule has 1 amide bonds. The number of carbonyl (C=O) groups is 1. The van der Waals surface area contributed by atoms with E-state index in [1.54, 1.807) is 24.3 Å². The van der Waals surface area contributed by atoms with Crippen LogP contribution in [0.1, 0.15) is 44.6 Å². The number of carbonyl (C=O) groups excluding carboxylic acids is 1.